The number of anilines is 1. The molecule has 1 unspecified atom stereocenters. The summed E-state index contributed by atoms with van der Waals surface area (Å²) in [5, 5.41) is 0. The highest BCUT2D eigenvalue weighted by Crippen LogP contribution is 2.33. The van der Waals surface area contributed by atoms with Crippen molar-refractivity contribution in [3.8, 4) is 5.75 Å². The molecule has 1 aromatic rings. The van der Waals surface area contributed by atoms with E-state index in [4.69, 9.17) is 9.47 Å². The van der Waals surface area contributed by atoms with E-state index in [0.29, 0.717) is 6.54 Å². The molecular weight excluding hydrogens is 254 g/mol. The Hall–Kier alpha value is -1.55. The van der Waals surface area contributed by atoms with E-state index in [1.54, 1.807) is 12.0 Å². The Morgan fingerprint density at radius 3 is 2.65 bits per heavy atom. The SMILES string of the molecule is COc1ccccc1N1CCC(OC2CCCC2)C1=O. The van der Waals surface area contributed by atoms with E-state index in [1.807, 2.05) is 24.3 Å². The van der Waals surface area contributed by atoms with Crippen LogP contribution in [0.15, 0.2) is 24.3 Å². The summed E-state index contributed by atoms with van der Waals surface area (Å²) in [6.45, 7) is 0.705. The van der Waals surface area contributed by atoms with Crippen molar-refractivity contribution in [1.82, 2.24) is 0 Å². The van der Waals surface area contributed by atoms with Gasteiger partial charge >= 0.3 is 0 Å². The average Bonchev–Trinajstić information content (AvgIpc) is 3.11. The largest absolute Gasteiger partial charge is 0.495 e. The maximum atomic E-state index is 12.5. The van der Waals surface area contributed by atoms with Gasteiger partial charge in [0.15, 0.2) is 0 Å². The summed E-state index contributed by atoms with van der Waals surface area (Å²) in [5.41, 5.74) is 0.845. The minimum Gasteiger partial charge on any atom is -0.495 e. The Balaban J connectivity index is 1.71. The van der Waals surface area contributed by atoms with Crippen molar-refractivity contribution >= 4 is 11.6 Å². The summed E-state index contributed by atoms with van der Waals surface area (Å²) in [5.74, 6) is 0.809. The Morgan fingerprint density at radius 1 is 1.15 bits per heavy atom. The summed E-state index contributed by atoms with van der Waals surface area (Å²) in [6.07, 6.45) is 5.41. The van der Waals surface area contributed by atoms with Crippen LogP contribution in [0.4, 0.5) is 5.69 Å². The van der Waals surface area contributed by atoms with Gasteiger partial charge in [-0.3, -0.25) is 4.79 Å². The number of hydrogen-bond acceptors (Lipinski definition) is 3. The maximum Gasteiger partial charge on any atom is 0.256 e. The smallest absolute Gasteiger partial charge is 0.256 e. The van der Waals surface area contributed by atoms with Crippen molar-refractivity contribution in [2.75, 3.05) is 18.6 Å². The molecule has 2 fully saturated rings. The standard InChI is InChI=1S/C16H21NO3/c1-19-14-9-5-4-8-13(14)17-11-10-15(16(17)18)20-12-6-2-3-7-12/h4-5,8-9,12,15H,2-3,6-7,10-11H2,1H3. The molecule has 2 aliphatic rings. The first-order valence-electron chi connectivity index (χ1n) is 7.39. The van der Waals surface area contributed by atoms with Crippen LogP contribution in [0, 0.1) is 0 Å². The summed E-state index contributed by atoms with van der Waals surface area (Å²) in [7, 11) is 1.63. The number of ether oxygens (including phenoxy) is 2. The van der Waals surface area contributed by atoms with Crippen LogP contribution in [-0.2, 0) is 9.53 Å². The first-order valence-corrected chi connectivity index (χ1v) is 7.39. The zero-order valence-corrected chi connectivity index (χ0v) is 11.9. The zero-order chi connectivity index (χ0) is 13.9. The summed E-state index contributed by atoms with van der Waals surface area (Å²) in [4.78, 5) is 14.3. The molecule has 0 radical (unpaired) electrons. The van der Waals surface area contributed by atoms with E-state index in [-0.39, 0.29) is 18.1 Å². The number of methoxy groups -OCH3 is 1. The van der Waals surface area contributed by atoms with Gasteiger partial charge in [-0.25, -0.2) is 0 Å². The van der Waals surface area contributed by atoms with E-state index < -0.39 is 0 Å². The molecule has 4 nitrogen and oxygen atoms in total. The number of benzene rings is 1. The van der Waals surface area contributed by atoms with E-state index >= 15 is 0 Å². The second kappa shape index (κ2) is 5.83. The first kappa shape index (κ1) is 13.4. The van der Waals surface area contributed by atoms with E-state index in [0.717, 1.165) is 30.7 Å². The molecule has 1 aliphatic carbocycles. The van der Waals surface area contributed by atoms with Gasteiger partial charge in [-0.15, -0.1) is 0 Å². The highest BCUT2D eigenvalue weighted by molar-refractivity contribution is 6.00. The Morgan fingerprint density at radius 2 is 1.90 bits per heavy atom. The number of carbonyl (C=O) groups excluding carboxylic acids is 1. The minimum atomic E-state index is -0.275. The molecule has 1 amide bonds. The second-order valence-electron chi connectivity index (χ2n) is 5.48. The number of carbonyl (C=O) groups is 1. The molecule has 1 aliphatic heterocycles. The second-order valence-corrected chi connectivity index (χ2v) is 5.48. The van der Waals surface area contributed by atoms with Crippen LogP contribution in [0.5, 0.6) is 5.75 Å². The zero-order valence-electron chi connectivity index (χ0n) is 11.9. The third kappa shape index (κ3) is 2.52. The number of amides is 1. The highest BCUT2D eigenvalue weighted by Gasteiger charge is 2.36. The van der Waals surface area contributed by atoms with Gasteiger partial charge in [0.05, 0.1) is 18.9 Å². The summed E-state index contributed by atoms with van der Waals surface area (Å²) < 4.78 is 11.3. The van der Waals surface area contributed by atoms with E-state index in [2.05, 4.69) is 0 Å². The van der Waals surface area contributed by atoms with Crippen molar-refractivity contribution < 1.29 is 14.3 Å². The molecule has 1 saturated heterocycles. The number of para-hydroxylation sites is 2. The van der Waals surface area contributed by atoms with E-state index in [1.165, 1.54) is 12.8 Å². The fraction of sp³-hybridized carbons (Fsp3) is 0.562. The van der Waals surface area contributed by atoms with Crippen molar-refractivity contribution in [2.45, 2.75) is 44.3 Å². The molecule has 0 spiro atoms. The van der Waals surface area contributed by atoms with E-state index in [9.17, 15) is 4.79 Å². The van der Waals surface area contributed by atoms with Crippen molar-refractivity contribution in [2.24, 2.45) is 0 Å². The van der Waals surface area contributed by atoms with Gasteiger partial charge in [0.2, 0.25) is 0 Å². The minimum absolute atomic E-state index is 0.0707. The average molecular weight is 275 g/mol. The fourth-order valence-electron chi connectivity index (χ4n) is 3.13. The lowest BCUT2D eigenvalue weighted by molar-refractivity contribution is -0.130. The molecule has 1 atom stereocenters. The van der Waals surface area contributed by atoms with Gasteiger partial charge in [-0.2, -0.15) is 0 Å². The van der Waals surface area contributed by atoms with Crippen LogP contribution in [0.2, 0.25) is 0 Å². The van der Waals surface area contributed by atoms with Crippen molar-refractivity contribution in [1.29, 1.82) is 0 Å². The third-order valence-electron chi connectivity index (χ3n) is 4.19. The van der Waals surface area contributed by atoms with Crippen LogP contribution in [-0.4, -0.2) is 31.8 Å². The van der Waals surface area contributed by atoms with Crippen LogP contribution < -0.4 is 9.64 Å². The molecule has 1 aromatic carbocycles. The lowest BCUT2D eigenvalue weighted by Gasteiger charge is -2.20. The molecule has 1 saturated carbocycles. The topological polar surface area (TPSA) is 38.8 Å². The molecule has 0 aromatic heterocycles. The Labute approximate surface area is 119 Å². The quantitative estimate of drug-likeness (QED) is 0.848. The Kier molecular flexibility index (Phi) is 3.92. The van der Waals surface area contributed by atoms with Gasteiger partial charge < -0.3 is 14.4 Å². The summed E-state index contributed by atoms with van der Waals surface area (Å²) >= 11 is 0. The Bertz CT molecular complexity index is 482. The van der Waals surface area contributed by atoms with Crippen LogP contribution in [0.3, 0.4) is 0 Å². The highest BCUT2D eigenvalue weighted by atomic mass is 16.5. The van der Waals surface area contributed by atoms with Gasteiger partial charge in [-0.05, 0) is 25.0 Å². The lowest BCUT2D eigenvalue weighted by atomic mass is 10.2. The fourth-order valence-corrected chi connectivity index (χ4v) is 3.13. The molecule has 3 rings (SSSR count). The monoisotopic (exact) mass is 275 g/mol. The van der Waals surface area contributed by atoms with Gasteiger partial charge in [0, 0.05) is 13.0 Å². The van der Waals surface area contributed by atoms with Gasteiger partial charge in [-0.1, -0.05) is 25.0 Å². The lowest BCUT2D eigenvalue weighted by Crippen LogP contribution is -2.32. The molecule has 1 heterocycles. The van der Waals surface area contributed by atoms with Crippen LogP contribution >= 0.6 is 0 Å². The molecule has 108 valence electrons. The van der Waals surface area contributed by atoms with Gasteiger partial charge in [0.1, 0.15) is 11.9 Å². The first-order chi connectivity index (χ1) is 9.79. The van der Waals surface area contributed by atoms with Crippen molar-refractivity contribution in [3.05, 3.63) is 24.3 Å². The molecule has 0 N–H and O–H groups in total. The predicted molar refractivity (Wildman–Crippen MR) is 77.1 cm³/mol. The molecule has 20 heavy (non-hydrogen) atoms. The van der Waals surface area contributed by atoms with Crippen LogP contribution in [0.25, 0.3) is 0 Å². The van der Waals surface area contributed by atoms with Crippen molar-refractivity contribution in [3.63, 3.8) is 0 Å². The number of nitrogens with zero attached hydrogens (tertiary/aromatic N) is 1. The normalized spacial score (nSPS) is 23.6. The number of hydrogen-bond donors (Lipinski definition) is 0. The van der Waals surface area contributed by atoms with Crippen LogP contribution in [0.1, 0.15) is 32.1 Å². The van der Waals surface area contributed by atoms with Gasteiger partial charge in [0.25, 0.3) is 5.91 Å². The number of rotatable bonds is 4. The molecule has 4 heteroatoms. The predicted octanol–water partition coefficient (Wildman–Crippen LogP) is 2.76. The maximum absolute atomic E-state index is 12.5. The molecular formula is C16H21NO3. The molecule has 0 bridgehead atoms. The summed E-state index contributed by atoms with van der Waals surface area (Å²) in [6, 6.07) is 7.65. The third-order valence-corrected chi connectivity index (χ3v) is 4.19.